The number of fused-ring (bicyclic) bond motifs is 1. The minimum absolute atomic E-state index is 0.289. The molecule has 0 saturated carbocycles. The Kier molecular flexibility index (Phi) is 3.84. The quantitative estimate of drug-likeness (QED) is 0.718. The fourth-order valence-electron chi connectivity index (χ4n) is 2.14. The van der Waals surface area contributed by atoms with Crippen LogP contribution in [-0.4, -0.2) is 4.98 Å². The summed E-state index contributed by atoms with van der Waals surface area (Å²) in [5.74, 6) is 1.06. The van der Waals surface area contributed by atoms with Crippen LogP contribution in [0.3, 0.4) is 0 Å². The van der Waals surface area contributed by atoms with Crippen LogP contribution in [0.2, 0.25) is 5.02 Å². The minimum atomic E-state index is 0.289. The van der Waals surface area contributed by atoms with Gasteiger partial charge >= 0.3 is 0 Å². The third-order valence-corrected chi connectivity index (χ3v) is 3.71. The van der Waals surface area contributed by atoms with E-state index in [1.165, 1.54) is 0 Å². The topological polar surface area (TPSA) is 38.1 Å². The van der Waals surface area contributed by atoms with Gasteiger partial charge in [-0.05, 0) is 29.8 Å². The summed E-state index contributed by atoms with van der Waals surface area (Å²) in [7, 11) is 0. The van der Waals surface area contributed by atoms with Crippen LogP contribution in [0.5, 0.6) is 0 Å². The molecular weight excluding hydrogens is 284 g/mol. The lowest BCUT2D eigenvalue weighted by Gasteiger charge is -2.07. The van der Waals surface area contributed by atoms with E-state index in [0.29, 0.717) is 6.54 Å². The van der Waals surface area contributed by atoms with Gasteiger partial charge in [0.1, 0.15) is 5.52 Å². The number of benzene rings is 2. The van der Waals surface area contributed by atoms with E-state index < -0.39 is 0 Å². The first kappa shape index (κ1) is 14.0. The van der Waals surface area contributed by atoms with E-state index in [9.17, 15) is 0 Å². The number of nitrogens with one attached hydrogen (secondary N) is 1. The molecule has 21 heavy (non-hydrogen) atoms. The van der Waals surface area contributed by atoms with Crippen molar-refractivity contribution in [2.45, 2.75) is 26.3 Å². The van der Waals surface area contributed by atoms with Crippen molar-refractivity contribution in [1.82, 2.24) is 4.98 Å². The molecule has 0 fully saturated rings. The Labute approximate surface area is 128 Å². The lowest BCUT2D eigenvalue weighted by molar-refractivity contribution is 0.501. The standard InChI is InChI=1S/C17H17ClN2O/c1-11(2)17-20-15-9-13(7-8-16(15)21-17)19-10-12-5-3-4-6-14(12)18/h3-9,11,19H,10H2,1-2H3. The normalized spacial score (nSPS) is 11.2. The Morgan fingerprint density at radius 1 is 1.19 bits per heavy atom. The van der Waals surface area contributed by atoms with Crippen molar-refractivity contribution in [3.8, 4) is 0 Å². The van der Waals surface area contributed by atoms with Gasteiger partial charge in [-0.1, -0.05) is 43.6 Å². The second-order valence-corrected chi connectivity index (χ2v) is 5.74. The predicted molar refractivity (Wildman–Crippen MR) is 86.9 cm³/mol. The number of anilines is 1. The Morgan fingerprint density at radius 2 is 2.00 bits per heavy atom. The van der Waals surface area contributed by atoms with Crippen LogP contribution in [-0.2, 0) is 6.54 Å². The molecule has 0 radical (unpaired) electrons. The van der Waals surface area contributed by atoms with Crippen LogP contribution < -0.4 is 5.32 Å². The maximum atomic E-state index is 6.16. The van der Waals surface area contributed by atoms with E-state index in [0.717, 1.165) is 33.3 Å². The second-order valence-electron chi connectivity index (χ2n) is 5.33. The molecule has 0 amide bonds. The van der Waals surface area contributed by atoms with Gasteiger partial charge in [-0.15, -0.1) is 0 Å². The van der Waals surface area contributed by atoms with Crippen molar-refractivity contribution >= 4 is 28.4 Å². The number of aromatic nitrogens is 1. The summed E-state index contributed by atoms with van der Waals surface area (Å²) in [5.41, 5.74) is 3.78. The number of oxazole rings is 1. The van der Waals surface area contributed by atoms with Crippen molar-refractivity contribution in [3.63, 3.8) is 0 Å². The van der Waals surface area contributed by atoms with Gasteiger partial charge in [0.2, 0.25) is 0 Å². The Bertz CT molecular complexity index is 764. The highest BCUT2D eigenvalue weighted by Gasteiger charge is 2.09. The molecule has 1 heterocycles. The molecule has 0 unspecified atom stereocenters. The molecule has 0 bridgehead atoms. The molecule has 2 aromatic carbocycles. The number of rotatable bonds is 4. The van der Waals surface area contributed by atoms with Crippen LogP contribution in [0, 0.1) is 0 Å². The van der Waals surface area contributed by atoms with E-state index >= 15 is 0 Å². The van der Waals surface area contributed by atoms with E-state index in [1.807, 2.05) is 42.5 Å². The predicted octanol–water partition coefficient (Wildman–Crippen LogP) is 5.22. The van der Waals surface area contributed by atoms with Crippen molar-refractivity contribution < 1.29 is 4.42 Å². The first-order chi connectivity index (χ1) is 10.1. The number of nitrogens with zero attached hydrogens (tertiary/aromatic N) is 1. The number of hydrogen-bond donors (Lipinski definition) is 1. The molecule has 3 aromatic rings. The fourth-order valence-corrected chi connectivity index (χ4v) is 2.34. The van der Waals surface area contributed by atoms with E-state index in [-0.39, 0.29) is 5.92 Å². The molecule has 4 heteroatoms. The second kappa shape index (κ2) is 5.78. The molecular formula is C17H17ClN2O. The molecule has 1 N–H and O–H groups in total. The first-order valence-electron chi connectivity index (χ1n) is 7.01. The van der Waals surface area contributed by atoms with Crippen molar-refractivity contribution in [2.75, 3.05) is 5.32 Å². The molecule has 1 aromatic heterocycles. The van der Waals surface area contributed by atoms with E-state index in [4.69, 9.17) is 16.0 Å². The third-order valence-electron chi connectivity index (χ3n) is 3.34. The maximum absolute atomic E-state index is 6.16. The van der Waals surface area contributed by atoms with E-state index in [2.05, 4.69) is 24.1 Å². The van der Waals surface area contributed by atoms with Crippen LogP contribution >= 0.6 is 11.6 Å². The Morgan fingerprint density at radius 3 is 2.76 bits per heavy atom. The van der Waals surface area contributed by atoms with Gasteiger partial charge in [-0.25, -0.2) is 4.98 Å². The monoisotopic (exact) mass is 300 g/mol. The molecule has 108 valence electrons. The molecule has 0 aliphatic carbocycles. The zero-order valence-corrected chi connectivity index (χ0v) is 12.8. The van der Waals surface area contributed by atoms with Crippen molar-refractivity contribution in [1.29, 1.82) is 0 Å². The average Bonchev–Trinajstić information content (AvgIpc) is 2.90. The zero-order valence-electron chi connectivity index (χ0n) is 12.1. The summed E-state index contributed by atoms with van der Waals surface area (Å²) in [6, 6.07) is 13.8. The summed E-state index contributed by atoms with van der Waals surface area (Å²) in [4.78, 5) is 4.51. The van der Waals surface area contributed by atoms with Gasteiger partial charge in [0, 0.05) is 23.2 Å². The highest BCUT2D eigenvalue weighted by atomic mass is 35.5. The highest BCUT2D eigenvalue weighted by molar-refractivity contribution is 6.31. The fraction of sp³-hybridized carbons (Fsp3) is 0.235. The molecule has 0 atom stereocenters. The molecule has 0 spiro atoms. The van der Waals surface area contributed by atoms with E-state index in [1.54, 1.807) is 0 Å². The zero-order chi connectivity index (χ0) is 14.8. The highest BCUT2D eigenvalue weighted by Crippen LogP contribution is 2.24. The number of halogens is 1. The smallest absolute Gasteiger partial charge is 0.198 e. The SMILES string of the molecule is CC(C)c1nc2cc(NCc3ccccc3Cl)ccc2o1. The molecule has 3 nitrogen and oxygen atoms in total. The summed E-state index contributed by atoms with van der Waals surface area (Å²) >= 11 is 6.16. The van der Waals surface area contributed by atoms with Crippen LogP contribution in [0.15, 0.2) is 46.9 Å². The lowest BCUT2D eigenvalue weighted by atomic mass is 10.2. The molecule has 0 aliphatic heterocycles. The summed E-state index contributed by atoms with van der Waals surface area (Å²) in [6.07, 6.45) is 0. The van der Waals surface area contributed by atoms with Crippen LogP contribution in [0.4, 0.5) is 5.69 Å². The summed E-state index contributed by atoms with van der Waals surface area (Å²) < 4.78 is 5.71. The largest absolute Gasteiger partial charge is 0.440 e. The molecule has 0 aliphatic rings. The van der Waals surface area contributed by atoms with Gasteiger partial charge < -0.3 is 9.73 Å². The lowest BCUT2D eigenvalue weighted by Crippen LogP contribution is -1.99. The van der Waals surface area contributed by atoms with Gasteiger partial charge in [0.05, 0.1) is 0 Å². The maximum Gasteiger partial charge on any atom is 0.198 e. The minimum Gasteiger partial charge on any atom is -0.440 e. The Balaban J connectivity index is 1.80. The molecule has 3 rings (SSSR count). The van der Waals surface area contributed by atoms with Gasteiger partial charge in [0.15, 0.2) is 11.5 Å². The third kappa shape index (κ3) is 3.03. The summed E-state index contributed by atoms with van der Waals surface area (Å²) in [5, 5.41) is 4.14. The molecule has 0 saturated heterocycles. The average molecular weight is 301 g/mol. The van der Waals surface area contributed by atoms with Gasteiger partial charge in [-0.2, -0.15) is 0 Å². The Hall–Kier alpha value is -2.00. The van der Waals surface area contributed by atoms with Crippen LogP contribution in [0.1, 0.15) is 31.2 Å². The first-order valence-corrected chi connectivity index (χ1v) is 7.39. The van der Waals surface area contributed by atoms with Crippen LogP contribution in [0.25, 0.3) is 11.1 Å². The van der Waals surface area contributed by atoms with Gasteiger partial charge in [-0.3, -0.25) is 0 Å². The number of hydrogen-bond acceptors (Lipinski definition) is 3. The van der Waals surface area contributed by atoms with Gasteiger partial charge in [0.25, 0.3) is 0 Å². The summed E-state index contributed by atoms with van der Waals surface area (Å²) in [6.45, 7) is 4.82. The van der Waals surface area contributed by atoms with Crippen molar-refractivity contribution in [3.05, 3.63) is 58.9 Å². The van der Waals surface area contributed by atoms with Crippen molar-refractivity contribution in [2.24, 2.45) is 0 Å².